The van der Waals surface area contributed by atoms with Crippen molar-refractivity contribution in [2.24, 2.45) is 10.2 Å². The molecule has 1 aliphatic rings. The van der Waals surface area contributed by atoms with Crippen LogP contribution in [-0.2, 0) is 4.79 Å². The second kappa shape index (κ2) is 8.86. The number of rotatable bonds is 3. The number of imide groups is 1. The Bertz CT molecular complexity index is 386. The predicted octanol–water partition coefficient (Wildman–Crippen LogP) is 1.71. The number of nitrogens with one attached hydrogen (secondary N) is 1. The summed E-state index contributed by atoms with van der Waals surface area (Å²) < 4.78 is 0. The first-order chi connectivity index (χ1) is 8.69. The molecule has 0 radical (unpaired) electrons. The molecule has 1 aliphatic heterocycles. The maximum absolute atomic E-state index is 11.4. The van der Waals surface area contributed by atoms with Crippen LogP contribution >= 0.6 is 0 Å². The van der Waals surface area contributed by atoms with Gasteiger partial charge in [0.15, 0.2) is 5.84 Å². The quantitative estimate of drug-likeness (QED) is 0.470. The highest BCUT2D eigenvalue weighted by Gasteiger charge is 2.25. The van der Waals surface area contributed by atoms with Crippen molar-refractivity contribution in [2.45, 2.75) is 20.3 Å². The average Bonchev–Trinajstić information content (AvgIpc) is 2.38. The van der Waals surface area contributed by atoms with Crippen molar-refractivity contribution in [3.8, 4) is 0 Å². The van der Waals surface area contributed by atoms with E-state index in [-0.39, 0.29) is 18.9 Å². The first-order valence-electron chi connectivity index (χ1n) is 5.65. The maximum atomic E-state index is 11.4. The van der Waals surface area contributed by atoms with Crippen LogP contribution in [-0.4, -0.2) is 35.4 Å². The van der Waals surface area contributed by atoms with Gasteiger partial charge in [-0.15, -0.1) is 5.10 Å². The Morgan fingerprint density at radius 2 is 2.06 bits per heavy atom. The van der Waals surface area contributed by atoms with Gasteiger partial charge in [0.2, 0.25) is 5.91 Å². The summed E-state index contributed by atoms with van der Waals surface area (Å²) in [6.07, 6.45) is 4.49. The highest BCUT2D eigenvalue weighted by Crippen LogP contribution is 2.03. The molecule has 6 heteroatoms. The molecule has 0 aromatic carbocycles. The molecule has 1 rings (SSSR count). The van der Waals surface area contributed by atoms with Crippen LogP contribution in [0.3, 0.4) is 0 Å². The average molecular weight is 250 g/mol. The van der Waals surface area contributed by atoms with Crippen LogP contribution in [0.15, 0.2) is 35.5 Å². The number of carbonyl (C=O) groups is 2. The second-order valence-corrected chi connectivity index (χ2v) is 2.92. The molecule has 1 N–H and O–H groups in total. The molecule has 3 amide bonds. The van der Waals surface area contributed by atoms with E-state index >= 15 is 0 Å². The first kappa shape index (κ1) is 15.8. The SMILES string of the molecule is C=C/C=N\N=C(/C=C)N1CCC(=O)NC1=O.CC. The van der Waals surface area contributed by atoms with Crippen molar-refractivity contribution in [1.82, 2.24) is 10.2 Å². The van der Waals surface area contributed by atoms with Crippen molar-refractivity contribution in [1.29, 1.82) is 0 Å². The molecule has 0 aromatic heterocycles. The van der Waals surface area contributed by atoms with Crippen molar-refractivity contribution in [3.05, 3.63) is 25.3 Å². The molecular formula is C12H18N4O2. The van der Waals surface area contributed by atoms with Gasteiger partial charge in [0.25, 0.3) is 0 Å². The molecule has 0 aromatic rings. The molecule has 0 aliphatic carbocycles. The lowest BCUT2D eigenvalue weighted by Crippen LogP contribution is -2.51. The van der Waals surface area contributed by atoms with E-state index in [1.54, 1.807) is 0 Å². The number of urea groups is 1. The Morgan fingerprint density at radius 1 is 1.39 bits per heavy atom. The van der Waals surface area contributed by atoms with Gasteiger partial charge in [0.05, 0.1) is 0 Å². The van der Waals surface area contributed by atoms with Crippen molar-refractivity contribution < 1.29 is 9.59 Å². The minimum absolute atomic E-state index is 0.240. The van der Waals surface area contributed by atoms with Gasteiger partial charge in [-0.2, -0.15) is 5.10 Å². The number of hydrogen-bond donors (Lipinski definition) is 1. The second-order valence-electron chi connectivity index (χ2n) is 2.92. The van der Waals surface area contributed by atoms with Crippen molar-refractivity contribution in [2.75, 3.05) is 6.54 Å². The Hall–Kier alpha value is -2.24. The smallest absolute Gasteiger partial charge is 0.278 e. The lowest BCUT2D eigenvalue weighted by atomic mass is 10.3. The van der Waals surface area contributed by atoms with Crippen molar-refractivity contribution in [3.63, 3.8) is 0 Å². The number of allylic oxidation sites excluding steroid dienone is 1. The van der Waals surface area contributed by atoms with E-state index in [0.717, 1.165) is 0 Å². The Labute approximate surface area is 107 Å². The zero-order valence-corrected chi connectivity index (χ0v) is 10.7. The molecule has 1 heterocycles. The fraction of sp³-hybridized carbons (Fsp3) is 0.333. The summed E-state index contributed by atoms with van der Waals surface area (Å²) in [4.78, 5) is 23.7. The summed E-state index contributed by atoms with van der Waals surface area (Å²) in [5.41, 5.74) is 0. The molecular weight excluding hydrogens is 232 g/mol. The van der Waals surface area contributed by atoms with E-state index in [2.05, 4.69) is 28.7 Å². The van der Waals surface area contributed by atoms with E-state index in [1.165, 1.54) is 23.3 Å². The molecule has 0 saturated carbocycles. The summed E-state index contributed by atoms with van der Waals surface area (Å²) in [5, 5.41) is 9.62. The van der Waals surface area contributed by atoms with Gasteiger partial charge < -0.3 is 0 Å². The van der Waals surface area contributed by atoms with E-state index in [1.807, 2.05) is 13.8 Å². The Kier molecular flexibility index (Phi) is 7.76. The third-order valence-corrected chi connectivity index (χ3v) is 1.85. The summed E-state index contributed by atoms with van der Waals surface area (Å²) in [7, 11) is 0. The van der Waals surface area contributed by atoms with Gasteiger partial charge in [0, 0.05) is 19.2 Å². The zero-order valence-electron chi connectivity index (χ0n) is 10.7. The third-order valence-electron chi connectivity index (χ3n) is 1.85. The van der Waals surface area contributed by atoms with E-state index in [0.29, 0.717) is 5.84 Å². The monoisotopic (exact) mass is 250 g/mol. The van der Waals surface area contributed by atoms with Gasteiger partial charge in [-0.1, -0.05) is 27.0 Å². The minimum Gasteiger partial charge on any atom is -0.278 e. The Balaban J connectivity index is 0.00000137. The summed E-state index contributed by atoms with van der Waals surface area (Å²) in [5.74, 6) is 0.00218. The normalized spacial score (nSPS) is 15.9. The molecule has 1 saturated heterocycles. The van der Waals surface area contributed by atoms with Crippen LogP contribution in [0.4, 0.5) is 4.79 Å². The molecule has 1 fully saturated rings. The zero-order chi connectivity index (χ0) is 14.0. The van der Waals surface area contributed by atoms with E-state index < -0.39 is 6.03 Å². The highest BCUT2D eigenvalue weighted by molar-refractivity contribution is 6.09. The molecule has 0 unspecified atom stereocenters. The lowest BCUT2D eigenvalue weighted by Gasteiger charge is -2.25. The molecule has 0 atom stereocenters. The van der Waals surface area contributed by atoms with E-state index in [4.69, 9.17) is 0 Å². The minimum atomic E-state index is -0.510. The maximum Gasteiger partial charge on any atom is 0.329 e. The molecule has 0 bridgehead atoms. The number of amidine groups is 1. The van der Waals surface area contributed by atoms with Gasteiger partial charge >= 0.3 is 6.03 Å². The molecule has 0 spiro atoms. The largest absolute Gasteiger partial charge is 0.329 e. The fourth-order valence-corrected chi connectivity index (χ4v) is 1.13. The standard InChI is InChI=1S/C10H12N4O2.C2H6/c1-3-6-11-13-8(4-2)14-7-5-9(15)12-10(14)16;1-2/h3-4,6H,1-2,5,7H2,(H,12,15,16);1-2H3/b11-6-,13-8+;. The summed E-state index contributed by atoms with van der Waals surface area (Å²) >= 11 is 0. The van der Waals surface area contributed by atoms with Gasteiger partial charge in [-0.3, -0.25) is 15.0 Å². The predicted molar refractivity (Wildman–Crippen MR) is 72.5 cm³/mol. The van der Waals surface area contributed by atoms with Crippen LogP contribution < -0.4 is 5.32 Å². The van der Waals surface area contributed by atoms with Crippen LogP contribution in [0.1, 0.15) is 20.3 Å². The van der Waals surface area contributed by atoms with E-state index in [9.17, 15) is 9.59 Å². The van der Waals surface area contributed by atoms with Crippen LogP contribution in [0.2, 0.25) is 0 Å². The first-order valence-corrected chi connectivity index (χ1v) is 5.65. The van der Waals surface area contributed by atoms with Crippen LogP contribution in [0, 0.1) is 0 Å². The number of amides is 3. The summed E-state index contributed by atoms with van der Waals surface area (Å²) in [6, 6.07) is -0.510. The Morgan fingerprint density at radius 3 is 2.56 bits per heavy atom. The van der Waals surface area contributed by atoms with Crippen molar-refractivity contribution >= 4 is 24.0 Å². The van der Waals surface area contributed by atoms with Crippen LogP contribution in [0.5, 0.6) is 0 Å². The van der Waals surface area contributed by atoms with Crippen LogP contribution in [0.25, 0.3) is 0 Å². The van der Waals surface area contributed by atoms with Gasteiger partial charge in [0.1, 0.15) is 0 Å². The molecule has 18 heavy (non-hydrogen) atoms. The van der Waals surface area contributed by atoms with Gasteiger partial charge in [-0.25, -0.2) is 4.79 Å². The van der Waals surface area contributed by atoms with Gasteiger partial charge in [-0.05, 0) is 12.2 Å². The number of hydrogen-bond acceptors (Lipinski definition) is 4. The molecule has 6 nitrogen and oxygen atoms in total. The topological polar surface area (TPSA) is 74.1 Å². The lowest BCUT2D eigenvalue weighted by molar-refractivity contribution is -0.121. The summed E-state index contributed by atoms with van der Waals surface area (Å²) in [6.45, 7) is 11.2. The molecule has 98 valence electrons. The highest BCUT2D eigenvalue weighted by atomic mass is 16.2. The number of carbonyl (C=O) groups excluding carboxylic acids is 2. The fourth-order valence-electron chi connectivity index (χ4n) is 1.13. The third kappa shape index (κ3) is 4.73. The number of nitrogens with zero attached hydrogens (tertiary/aromatic N) is 3.